The fourth-order valence-corrected chi connectivity index (χ4v) is 2.78. The Kier molecular flexibility index (Phi) is 5.11. The Morgan fingerprint density at radius 2 is 2.00 bits per heavy atom. The molecule has 1 aromatic rings. The molecule has 1 rings (SSSR count). The molecular formula is C12H18O4S. The summed E-state index contributed by atoms with van der Waals surface area (Å²) < 4.78 is 28.5. The summed E-state index contributed by atoms with van der Waals surface area (Å²) in [6.07, 6.45) is -0.406. The minimum atomic E-state index is -3.24. The molecule has 1 N–H and O–H groups in total. The van der Waals surface area contributed by atoms with E-state index in [1.165, 1.54) is 7.11 Å². The number of aliphatic hydroxyl groups is 1. The van der Waals surface area contributed by atoms with Crippen LogP contribution in [-0.4, -0.2) is 39.1 Å². The lowest BCUT2D eigenvalue weighted by Gasteiger charge is -2.13. The number of methoxy groups -OCH3 is 1. The molecule has 0 saturated carbocycles. The van der Waals surface area contributed by atoms with Gasteiger partial charge < -0.3 is 9.84 Å². The number of hydrogen-bond acceptors (Lipinski definition) is 4. The number of benzene rings is 1. The van der Waals surface area contributed by atoms with Crippen molar-refractivity contribution in [1.29, 1.82) is 0 Å². The first-order valence-electron chi connectivity index (χ1n) is 5.49. The van der Waals surface area contributed by atoms with Crippen LogP contribution >= 0.6 is 0 Å². The highest BCUT2D eigenvalue weighted by Gasteiger charge is 2.17. The summed E-state index contributed by atoms with van der Waals surface area (Å²) in [5.74, 6) is 0.0599. The Labute approximate surface area is 102 Å². The molecule has 96 valence electrons. The van der Waals surface area contributed by atoms with Gasteiger partial charge in [-0.25, -0.2) is 8.42 Å². The Hall–Kier alpha value is -0.910. The molecule has 0 heterocycles. The second-order valence-corrected chi connectivity index (χ2v) is 6.07. The topological polar surface area (TPSA) is 63.6 Å². The Morgan fingerprint density at radius 3 is 2.59 bits per heavy atom. The van der Waals surface area contributed by atoms with Crippen molar-refractivity contribution in [2.24, 2.45) is 0 Å². The predicted molar refractivity (Wildman–Crippen MR) is 65.8 cm³/mol. The smallest absolute Gasteiger partial charge is 0.178 e. The van der Waals surface area contributed by atoms with Gasteiger partial charge in [0.05, 0.1) is 23.4 Å². The van der Waals surface area contributed by atoms with E-state index in [0.717, 1.165) is 0 Å². The minimum Gasteiger partial charge on any atom is -0.390 e. The first-order chi connectivity index (χ1) is 8.01. The van der Waals surface area contributed by atoms with E-state index < -0.39 is 15.9 Å². The molecule has 17 heavy (non-hydrogen) atoms. The highest BCUT2D eigenvalue weighted by atomic mass is 32.2. The molecule has 0 aliphatic heterocycles. The van der Waals surface area contributed by atoms with Crippen molar-refractivity contribution >= 4 is 9.84 Å². The fraction of sp³-hybridized carbons (Fsp3) is 0.500. The standard InChI is InChI=1S/C12H18O4S/c1-3-17(14,15)12-7-5-4-6-10(12)8-11(13)9-16-2/h4-7,11,13H,3,8-9H2,1-2H3. The fourth-order valence-electron chi connectivity index (χ4n) is 1.64. The third kappa shape index (κ3) is 3.80. The van der Waals surface area contributed by atoms with Gasteiger partial charge in [-0.3, -0.25) is 0 Å². The summed E-state index contributed by atoms with van der Waals surface area (Å²) in [6.45, 7) is 1.80. The van der Waals surface area contributed by atoms with Gasteiger partial charge in [-0.2, -0.15) is 0 Å². The lowest BCUT2D eigenvalue weighted by atomic mass is 10.1. The van der Waals surface area contributed by atoms with E-state index in [4.69, 9.17) is 4.74 Å². The van der Waals surface area contributed by atoms with Crippen LogP contribution in [0, 0.1) is 0 Å². The number of hydrogen-bond donors (Lipinski definition) is 1. The molecule has 1 aromatic carbocycles. The normalized spacial score (nSPS) is 13.6. The van der Waals surface area contributed by atoms with Crippen LogP contribution in [0.3, 0.4) is 0 Å². The van der Waals surface area contributed by atoms with E-state index in [1.807, 2.05) is 0 Å². The second kappa shape index (κ2) is 6.14. The van der Waals surface area contributed by atoms with Gasteiger partial charge in [0.15, 0.2) is 9.84 Å². The van der Waals surface area contributed by atoms with Gasteiger partial charge in [0.2, 0.25) is 0 Å². The lowest BCUT2D eigenvalue weighted by Crippen LogP contribution is -2.19. The maximum Gasteiger partial charge on any atom is 0.178 e. The zero-order valence-corrected chi connectivity index (χ0v) is 10.9. The van der Waals surface area contributed by atoms with Crippen molar-refractivity contribution < 1.29 is 18.3 Å². The van der Waals surface area contributed by atoms with Crippen LogP contribution in [0.1, 0.15) is 12.5 Å². The van der Waals surface area contributed by atoms with E-state index in [-0.39, 0.29) is 18.8 Å². The molecule has 5 heteroatoms. The van der Waals surface area contributed by atoms with Crippen LogP contribution in [0.5, 0.6) is 0 Å². The third-order valence-electron chi connectivity index (χ3n) is 2.50. The molecule has 4 nitrogen and oxygen atoms in total. The number of sulfone groups is 1. The average molecular weight is 258 g/mol. The van der Waals surface area contributed by atoms with Crippen LogP contribution in [0.4, 0.5) is 0 Å². The molecule has 0 radical (unpaired) electrons. The molecule has 0 amide bonds. The molecule has 0 aromatic heterocycles. The highest BCUT2D eigenvalue weighted by molar-refractivity contribution is 7.91. The van der Waals surface area contributed by atoms with Gasteiger partial charge in [0.25, 0.3) is 0 Å². The zero-order valence-electron chi connectivity index (χ0n) is 10.1. The van der Waals surface area contributed by atoms with E-state index >= 15 is 0 Å². The monoisotopic (exact) mass is 258 g/mol. The average Bonchev–Trinajstić information content (AvgIpc) is 2.30. The number of rotatable bonds is 6. The van der Waals surface area contributed by atoms with Crippen LogP contribution in [-0.2, 0) is 21.0 Å². The van der Waals surface area contributed by atoms with Gasteiger partial charge in [-0.05, 0) is 11.6 Å². The maximum absolute atomic E-state index is 11.8. The lowest BCUT2D eigenvalue weighted by molar-refractivity contribution is 0.0646. The van der Waals surface area contributed by atoms with Gasteiger partial charge in [0.1, 0.15) is 0 Å². The third-order valence-corrected chi connectivity index (χ3v) is 4.33. The second-order valence-electron chi connectivity index (χ2n) is 3.82. The molecular weight excluding hydrogens is 240 g/mol. The van der Waals surface area contributed by atoms with Crippen molar-refractivity contribution in [3.8, 4) is 0 Å². The van der Waals surface area contributed by atoms with Gasteiger partial charge in [-0.1, -0.05) is 25.1 Å². The van der Waals surface area contributed by atoms with Crippen molar-refractivity contribution in [3.05, 3.63) is 29.8 Å². The Morgan fingerprint density at radius 1 is 1.35 bits per heavy atom. The SMILES string of the molecule is CCS(=O)(=O)c1ccccc1CC(O)COC. The van der Waals surface area contributed by atoms with Crippen LogP contribution < -0.4 is 0 Å². The molecule has 1 atom stereocenters. The molecule has 1 unspecified atom stereocenters. The molecule has 0 bridgehead atoms. The van der Waals surface area contributed by atoms with Crippen molar-refractivity contribution in [2.75, 3.05) is 19.5 Å². The summed E-state index contributed by atoms with van der Waals surface area (Å²) in [7, 11) is -1.74. The van der Waals surface area contributed by atoms with Crippen LogP contribution in [0.2, 0.25) is 0 Å². The van der Waals surface area contributed by atoms with Gasteiger partial charge in [0, 0.05) is 13.5 Å². The summed E-state index contributed by atoms with van der Waals surface area (Å²) in [6, 6.07) is 6.76. The quantitative estimate of drug-likeness (QED) is 0.827. The Bertz CT molecular complexity index is 453. The number of ether oxygens (including phenoxy) is 1. The van der Waals surface area contributed by atoms with E-state index in [1.54, 1.807) is 31.2 Å². The van der Waals surface area contributed by atoms with Crippen molar-refractivity contribution in [1.82, 2.24) is 0 Å². The summed E-state index contributed by atoms with van der Waals surface area (Å²) in [4.78, 5) is 0.303. The summed E-state index contributed by atoms with van der Waals surface area (Å²) >= 11 is 0. The Balaban J connectivity index is 3.01. The molecule has 0 aliphatic rings. The summed E-state index contributed by atoms with van der Waals surface area (Å²) in [5, 5.41) is 9.65. The molecule has 0 aliphatic carbocycles. The first kappa shape index (κ1) is 14.2. The van der Waals surface area contributed by atoms with Crippen molar-refractivity contribution in [3.63, 3.8) is 0 Å². The maximum atomic E-state index is 11.8. The van der Waals surface area contributed by atoms with Crippen LogP contribution in [0.25, 0.3) is 0 Å². The molecule has 0 saturated heterocycles. The van der Waals surface area contributed by atoms with Crippen LogP contribution in [0.15, 0.2) is 29.2 Å². The minimum absolute atomic E-state index is 0.0599. The summed E-state index contributed by atoms with van der Waals surface area (Å²) in [5.41, 5.74) is 0.638. The van der Waals surface area contributed by atoms with E-state index in [2.05, 4.69) is 0 Å². The molecule has 0 fully saturated rings. The van der Waals surface area contributed by atoms with E-state index in [9.17, 15) is 13.5 Å². The van der Waals surface area contributed by atoms with Gasteiger partial charge in [-0.15, -0.1) is 0 Å². The highest BCUT2D eigenvalue weighted by Crippen LogP contribution is 2.18. The van der Waals surface area contributed by atoms with Crippen molar-refractivity contribution in [2.45, 2.75) is 24.3 Å². The largest absolute Gasteiger partial charge is 0.390 e. The van der Waals surface area contributed by atoms with E-state index in [0.29, 0.717) is 10.5 Å². The first-order valence-corrected chi connectivity index (χ1v) is 7.14. The predicted octanol–water partition coefficient (Wildman–Crippen LogP) is 1.03. The zero-order chi connectivity index (χ0) is 12.9. The molecule has 0 spiro atoms. The van der Waals surface area contributed by atoms with Gasteiger partial charge >= 0.3 is 0 Å². The number of aliphatic hydroxyl groups excluding tert-OH is 1.